The first-order valence-electron chi connectivity index (χ1n) is 9.85. The molecule has 1 aliphatic heterocycles. The van der Waals surface area contributed by atoms with Crippen molar-refractivity contribution in [2.45, 2.75) is 46.6 Å². The first-order valence-corrected chi connectivity index (χ1v) is 10.7. The van der Waals surface area contributed by atoms with Crippen molar-refractivity contribution in [2.75, 3.05) is 25.5 Å². The lowest BCUT2D eigenvalue weighted by atomic mass is 10.0. The first kappa shape index (κ1) is 20.6. The molecular formula is C22H29N2O3S+. The van der Waals surface area contributed by atoms with Crippen LogP contribution in [0.4, 0.5) is 5.00 Å². The zero-order chi connectivity index (χ0) is 20.3. The van der Waals surface area contributed by atoms with Crippen molar-refractivity contribution in [3.05, 3.63) is 50.9 Å². The third-order valence-electron chi connectivity index (χ3n) is 5.32. The predicted molar refractivity (Wildman–Crippen MR) is 112 cm³/mol. The van der Waals surface area contributed by atoms with Crippen molar-refractivity contribution in [1.82, 2.24) is 0 Å². The van der Waals surface area contributed by atoms with Gasteiger partial charge in [0.15, 0.2) is 0 Å². The van der Waals surface area contributed by atoms with Crippen molar-refractivity contribution >= 4 is 28.2 Å². The van der Waals surface area contributed by atoms with Crippen LogP contribution in [0.1, 0.15) is 50.8 Å². The highest BCUT2D eigenvalue weighted by molar-refractivity contribution is 7.17. The molecule has 2 N–H and O–H groups in total. The first-order chi connectivity index (χ1) is 13.4. The van der Waals surface area contributed by atoms with Gasteiger partial charge in [0, 0.05) is 6.42 Å². The van der Waals surface area contributed by atoms with Gasteiger partial charge < -0.3 is 15.0 Å². The molecule has 1 aromatic heterocycles. The molecule has 0 spiro atoms. The van der Waals surface area contributed by atoms with E-state index in [4.69, 9.17) is 4.74 Å². The minimum Gasteiger partial charge on any atom is -0.465 e. The van der Waals surface area contributed by atoms with E-state index in [1.807, 2.05) is 26.0 Å². The summed E-state index contributed by atoms with van der Waals surface area (Å²) < 4.78 is 5.02. The Kier molecular flexibility index (Phi) is 6.52. The summed E-state index contributed by atoms with van der Waals surface area (Å²) in [6.07, 6.45) is 2.28. The molecule has 2 aromatic rings. The number of thiophene rings is 1. The number of carbonyl (C=O) groups is 2. The summed E-state index contributed by atoms with van der Waals surface area (Å²) in [4.78, 5) is 27.9. The van der Waals surface area contributed by atoms with E-state index < -0.39 is 0 Å². The summed E-state index contributed by atoms with van der Waals surface area (Å²) in [5.41, 5.74) is 4.89. The number of anilines is 1. The average molecular weight is 402 g/mol. The Morgan fingerprint density at radius 3 is 2.75 bits per heavy atom. The number of aryl methyl sites for hydroxylation is 2. The van der Waals surface area contributed by atoms with Crippen molar-refractivity contribution in [3.8, 4) is 0 Å². The van der Waals surface area contributed by atoms with Crippen LogP contribution >= 0.6 is 11.3 Å². The Balaban J connectivity index is 1.82. The number of benzene rings is 1. The van der Waals surface area contributed by atoms with Gasteiger partial charge in [0.1, 0.15) is 11.5 Å². The van der Waals surface area contributed by atoms with Crippen molar-refractivity contribution in [1.29, 1.82) is 0 Å². The van der Waals surface area contributed by atoms with Gasteiger partial charge in [-0.2, -0.15) is 0 Å². The number of esters is 1. The molecule has 0 saturated carbocycles. The molecular weight excluding hydrogens is 372 g/mol. The number of carbonyl (C=O) groups excluding carboxylic acids is 2. The normalized spacial score (nSPS) is 15.8. The fourth-order valence-electron chi connectivity index (χ4n) is 3.90. The van der Waals surface area contributed by atoms with Gasteiger partial charge >= 0.3 is 5.97 Å². The van der Waals surface area contributed by atoms with Gasteiger partial charge in [0.05, 0.1) is 37.1 Å². The molecule has 1 aliphatic rings. The van der Waals surface area contributed by atoms with Crippen LogP contribution in [-0.4, -0.2) is 32.1 Å². The lowest BCUT2D eigenvalue weighted by molar-refractivity contribution is -0.915. The highest BCUT2D eigenvalue weighted by atomic mass is 32.1. The number of methoxy groups -OCH3 is 1. The molecule has 5 nitrogen and oxygen atoms in total. The van der Waals surface area contributed by atoms with E-state index in [9.17, 15) is 9.59 Å². The highest BCUT2D eigenvalue weighted by Crippen LogP contribution is 2.35. The maximum atomic E-state index is 12.7. The van der Waals surface area contributed by atoms with Crippen LogP contribution in [0.15, 0.2) is 18.2 Å². The molecule has 150 valence electrons. The average Bonchev–Trinajstić information content (AvgIpc) is 3.00. The largest absolute Gasteiger partial charge is 0.465 e. The third-order valence-corrected chi connectivity index (χ3v) is 6.47. The topological polar surface area (TPSA) is 59.8 Å². The smallest absolute Gasteiger partial charge is 0.341 e. The minimum atomic E-state index is -0.363. The summed E-state index contributed by atoms with van der Waals surface area (Å²) in [6, 6.07) is 6.10. The number of hydrogen-bond donors (Lipinski definition) is 2. The Morgan fingerprint density at radius 2 is 2.07 bits per heavy atom. The van der Waals surface area contributed by atoms with Crippen LogP contribution in [0.2, 0.25) is 0 Å². The molecule has 1 atom stereocenters. The second-order valence-electron chi connectivity index (χ2n) is 7.53. The number of rotatable bonds is 6. The molecule has 0 saturated heterocycles. The molecule has 1 aromatic carbocycles. The van der Waals surface area contributed by atoms with Crippen LogP contribution < -0.4 is 10.2 Å². The lowest BCUT2D eigenvalue weighted by Crippen LogP contribution is -3.11. The molecule has 0 radical (unpaired) electrons. The van der Waals surface area contributed by atoms with Crippen molar-refractivity contribution in [3.63, 3.8) is 0 Å². The number of amides is 1. The van der Waals surface area contributed by atoms with Crippen LogP contribution in [0.25, 0.3) is 0 Å². The second kappa shape index (κ2) is 8.88. The van der Waals surface area contributed by atoms with Gasteiger partial charge in [0.2, 0.25) is 5.91 Å². The number of hydrogen-bond acceptors (Lipinski definition) is 4. The fourth-order valence-corrected chi connectivity index (χ4v) is 5.22. The zero-order valence-electron chi connectivity index (χ0n) is 17.1. The van der Waals surface area contributed by atoms with E-state index in [1.54, 1.807) is 0 Å². The van der Waals surface area contributed by atoms with E-state index in [1.165, 1.54) is 33.8 Å². The van der Waals surface area contributed by atoms with Crippen LogP contribution in [-0.2, 0) is 28.9 Å². The number of quaternary nitrogens is 1. The van der Waals surface area contributed by atoms with Crippen LogP contribution in [0.3, 0.4) is 0 Å². The van der Waals surface area contributed by atoms with E-state index in [0.29, 0.717) is 17.0 Å². The molecule has 6 heteroatoms. The fraction of sp³-hybridized carbons (Fsp3) is 0.455. The Bertz CT molecular complexity index is 888. The van der Waals surface area contributed by atoms with Gasteiger partial charge in [-0.15, -0.1) is 11.3 Å². The summed E-state index contributed by atoms with van der Waals surface area (Å²) >= 11 is 1.53. The summed E-state index contributed by atoms with van der Waals surface area (Å²) in [7, 11) is 1.39. The Hall–Kier alpha value is -2.18. The molecule has 1 amide bonds. The summed E-state index contributed by atoms with van der Waals surface area (Å²) in [5, 5.41) is 3.62. The monoisotopic (exact) mass is 401 g/mol. The van der Waals surface area contributed by atoms with Crippen molar-refractivity contribution < 1.29 is 19.2 Å². The number of ether oxygens (including phenoxy) is 1. The van der Waals surface area contributed by atoms with E-state index in [2.05, 4.69) is 18.3 Å². The quantitative estimate of drug-likeness (QED) is 0.732. The maximum absolute atomic E-state index is 12.7. The summed E-state index contributed by atoms with van der Waals surface area (Å²) in [5.74, 6) is -0.466. The van der Waals surface area contributed by atoms with Crippen LogP contribution in [0, 0.1) is 13.8 Å². The highest BCUT2D eigenvalue weighted by Gasteiger charge is 2.30. The molecule has 1 unspecified atom stereocenters. The minimum absolute atomic E-state index is 0.103. The van der Waals surface area contributed by atoms with Gasteiger partial charge in [-0.25, -0.2) is 4.79 Å². The standard InChI is InChI=1S/C22H28N2O3S/c1-5-9-24-10-8-17-18(13-24)28-21(20(17)22(26)27-4)23-19(25)12-16-7-6-14(2)11-15(16)3/h6-7,11H,5,8-10,12-13H2,1-4H3,(H,23,25)/p+1. The summed E-state index contributed by atoms with van der Waals surface area (Å²) in [6.45, 7) is 9.29. The lowest BCUT2D eigenvalue weighted by Gasteiger charge is -2.23. The molecule has 0 fully saturated rings. The van der Waals surface area contributed by atoms with E-state index in [0.717, 1.165) is 49.2 Å². The molecule has 0 bridgehead atoms. The molecule has 2 heterocycles. The van der Waals surface area contributed by atoms with Gasteiger partial charge in [-0.05, 0) is 37.0 Å². The Morgan fingerprint density at radius 1 is 1.29 bits per heavy atom. The third kappa shape index (κ3) is 4.45. The molecule has 28 heavy (non-hydrogen) atoms. The van der Waals surface area contributed by atoms with E-state index >= 15 is 0 Å². The number of fused-ring (bicyclic) bond motifs is 1. The zero-order valence-corrected chi connectivity index (χ0v) is 17.9. The van der Waals surface area contributed by atoms with Gasteiger partial charge in [-0.1, -0.05) is 30.7 Å². The Labute approximate surface area is 170 Å². The second-order valence-corrected chi connectivity index (χ2v) is 8.64. The van der Waals surface area contributed by atoms with Crippen molar-refractivity contribution in [2.24, 2.45) is 0 Å². The predicted octanol–water partition coefficient (Wildman–Crippen LogP) is 2.68. The SMILES string of the molecule is CCC[NH+]1CCc2c(sc(NC(=O)Cc3ccc(C)cc3C)c2C(=O)OC)C1. The van der Waals surface area contributed by atoms with Gasteiger partial charge in [-0.3, -0.25) is 4.79 Å². The van der Waals surface area contributed by atoms with Crippen LogP contribution in [0.5, 0.6) is 0 Å². The van der Waals surface area contributed by atoms with E-state index in [-0.39, 0.29) is 11.9 Å². The molecule has 3 rings (SSSR count). The molecule has 0 aliphatic carbocycles. The number of nitrogens with one attached hydrogen (secondary N) is 2. The van der Waals surface area contributed by atoms with Gasteiger partial charge in [0.25, 0.3) is 0 Å². The maximum Gasteiger partial charge on any atom is 0.341 e.